The third-order valence-electron chi connectivity index (χ3n) is 3.91. The van der Waals surface area contributed by atoms with Gasteiger partial charge in [0.2, 0.25) is 0 Å². The van der Waals surface area contributed by atoms with Gasteiger partial charge in [-0.25, -0.2) is 4.99 Å². The van der Waals surface area contributed by atoms with E-state index in [2.05, 4.69) is 31.2 Å². The Bertz CT molecular complexity index is 566. The first kappa shape index (κ1) is 17.3. The zero-order valence-corrected chi connectivity index (χ0v) is 14.3. The SMILES string of the molecule is C=C1N=C(N)C(C)=CN1[C@@H]1O[C@H](CCP(=C)(C)C)[C@@H](O)C1O. The van der Waals surface area contributed by atoms with Crippen LogP contribution < -0.4 is 5.73 Å². The molecular weight excluding hydrogens is 301 g/mol. The lowest BCUT2D eigenvalue weighted by Gasteiger charge is -2.31. The van der Waals surface area contributed by atoms with Crippen LogP contribution in [0, 0.1) is 0 Å². The van der Waals surface area contributed by atoms with Crippen molar-refractivity contribution < 1.29 is 14.9 Å². The van der Waals surface area contributed by atoms with Crippen LogP contribution in [0.5, 0.6) is 0 Å². The predicted molar refractivity (Wildman–Crippen MR) is 92.4 cm³/mol. The van der Waals surface area contributed by atoms with Gasteiger partial charge in [-0.1, -0.05) is 6.58 Å². The zero-order chi connectivity index (χ0) is 16.7. The van der Waals surface area contributed by atoms with E-state index in [1.807, 2.05) is 6.92 Å². The van der Waals surface area contributed by atoms with Gasteiger partial charge in [-0.05, 0) is 32.8 Å². The van der Waals surface area contributed by atoms with Gasteiger partial charge in [0, 0.05) is 11.8 Å². The molecule has 0 amide bonds. The summed E-state index contributed by atoms with van der Waals surface area (Å²) in [6, 6.07) is 0. The molecule has 22 heavy (non-hydrogen) atoms. The lowest BCUT2D eigenvalue weighted by molar-refractivity contribution is -0.0580. The number of nitrogens with two attached hydrogens (primary N) is 1. The lowest BCUT2D eigenvalue weighted by Crippen LogP contribution is -2.42. The van der Waals surface area contributed by atoms with Crippen LogP contribution in [-0.4, -0.2) is 71.3 Å². The van der Waals surface area contributed by atoms with E-state index in [4.69, 9.17) is 10.5 Å². The molecule has 4 atom stereocenters. The number of nitrogens with zero attached hydrogens (tertiary/aromatic N) is 2. The molecule has 1 fully saturated rings. The number of ether oxygens (including phenoxy) is 1. The highest BCUT2D eigenvalue weighted by Gasteiger charge is 2.45. The van der Waals surface area contributed by atoms with E-state index < -0.39 is 31.4 Å². The first-order valence-corrected chi connectivity index (χ1v) is 10.3. The fourth-order valence-electron chi connectivity index (χ4n) is 2.53. The molecular formula is C15H26N3O3P. The molecule has 0 bridgehead atoms. The van der Waals surface area contributed by atoms with E-state index in [0.29, 0.717) is 18.1 Å². The Labute approximate surface area is 131 Å². The van der Waals surface area contributed by atoms with Crippen molar-refractivity contribution in [3.05, 3.63) is 24.2 Å². The van der Waals surface area contributed by atoms with E-state index >= 15 is 0 Å². The van der Waals surface area contributed by atoms with E-state index in [-0.39, 0.29) is 0 Å². The highest BCUT2D eigenvalue weighted by molar-refractivity contribution is 7.72. The second kappa shape index (κ2) is 6.20. The monoisotopic (exact) mass is 327 g/mol. The maximum absolute atomic E-state index is 10.3. The Balaban J connectivity index is 2.10. The van der Waals surface area contributed by atoms with Gasteiger partial charge in [0.25, 0.3) is 0 Å². The molecule has 0 spiro atoms. The number of aliphatic hydroxyl groups is 2. The zero-order valence-electron chi connectivity index (χ0n) is 13.4. The van der Waals surface area contributed by atoms with Crippen molar-refractivity contribution in [2.75, 3.05) is 19.5 Å². The maximum Gasteiger partial charge on any atom is 0.164 e. The summed E-state index contributed by atoms with van der Waals surface area (Å²) < 4.78 is 5.88. The fourth-order valence-corrected chi connectivity index (χ4v) is 3.48. The molecule has 0 aromatic heterocycles. The lowest BCUT2D eigenvalue weighted by atomic mass is 10.1. The van der Waals surface area contributed by atoms with E-state index in [9.17, 15) is 10.2 Å². The molecule has 4 N–H and O–H groups in total. The Morgan fingerprint density at radius 3 is 2.64 bits per heavy atom. The Hall–Kier alpha value is -1.07. The van der Waals surface area contributed by atoms with Crippen LogP contribution in [0.3, 0.4) is 0 Å². The minimum Gasteiger partial charge on any atom is -0.388 e. The molecule has 6 nitrogen and oxygen atoms in total. The first-order chi connectivity index (χ1) is 10.1. The van der Waals surface area contributed by atoms with Crippen LogP contribution in [0.2, 0.25) is 0 Å². The smallest absolute Gasteiger partial charge is 0.164 e. The van der Waals surface area contributed by atoms with Gasteiger partial charge in [-0.15, -0.1) is 13.2 Å². The predicted octanol–water partition coefficient (Wildman–Crippen LogP) is 0.580. The van der Waals surface area contributed by atoms with E-state index in [0.717, 1.165) is 11.7 Å². The normalized spacial score (nSPS) is 33.0. The molecule has 0 radical (unpaired) electrons. The molecule has 7 heteroatoms. The second-order valence-corrected chi connectivity index (χ2v) is 10.9. The van der Waals surface area contributed by atoms with Crippen molar-refractivity contribution in [2.24, 2.45) is 10.7 Å². The molecule has 0 saturated carbocycles. The molecule has 2 heterocycles. The van der Waals surface area contributed by atoms with Gasteiger partial charge in [0.15, 0.2) is 6.23 Å². The minimum absolute atomic E-state index is 0.394. The van der Waals surface area contributed by atoms with Crippen LogP contribution in [0.15, 0.2) is 29.2 Å². The topological polar surface area (TPSA) is 91.3 Å². The highest BCUT2D eigenvalue weighted by Crippen LogP contribution is 2.38. The van der Waals surface area contributed by atoms with E-state index in [1.54, 1.807) is 11.1 Å². The van der Waals surface area contributed by atoms with Crippen LogP contribution in [0.4, 0.5) is 0 Å². The summed E-state index contributed by atoms with van der Waals surface area (Å²) in [6.45, 7) is 8.73. The van der Waals surface area contributed by atoms with Gasteiger partial charge < -0.3 is 25.6 Å². The van der Waals surface area contributed by atoms with Crippen LogP contribution in [0.25, 0.3) is 0 Å². The van der Waals surface area contributed by atoms with Crippen molar-refractivity contribution in [1.82, 2.24) is 4.90 Å². The average Bonchev–Trinajstić information content (AvgIpc) is 2.68. The molecule has 0 aromatic carbocycles. The summed E-state index contributed by atoms with van der Waals surface area (Å²) in [5.74, 6) is 0.791. The number of hydrogen-bond donors (Lipinski definition) is 3. The van der Waals surface area contributed by atoms with Crippen molar-refractivity contribution in [3.63, 3.8) is 0 Å². The summed E-state index contributed by atoms with van der Waals surface area (Å²) in [5.41, 5.74) is 6.52. The number of rotatable bonds is 4. The second-order valence-electron chi connectivity index (χ2n) is 6.63. The summed E-state index contributed by atoms with van der Waals surface area (Å²) in [5, 5.41) is 20.5. The third-order valence-corrected chi connectivity index (χ3v) is 5.38. The van der Waals surface area contributed by atoms with Gasteiger partial charge in [-0.2, -0.15) is 0 Å². The molecule has 2 aliphatic rings. The first-order valence-electron chi connectivity index (χ1n) is 7.29. The molecule has 0 aromatic rings. The van der Waals surface area contributed by atoms with Gasteiger partial charge >= 0.3 is 0 Å². The van der Waals surface area contributed by atoms with Crippen molar-refractivity contribution in [1.29, 1.82) is 0 Å². The molecule has 0 aliphatic carbocycles. The van der Waals surface area contributed by atoms with E-state index in [1.165, 1.54) is 0 Å². The standard InChI is InChI=1S/C15H26N3O3P/c1-9-8-18(10(2)17-14(9)16)15-13(20)12(19)11(21-15)6-7-22(3,4)5/h8,11-13,15,19-20H,2-3,6-7H2,1,4-5H3,(H2,16,17)/t11-,12-,13?,15-/m1/s1. The molecule has 2 rings (SSSR count). The molecule has 2 aliphatic heterocycles. The van der Waals surface area contributed by atoms with Crippen molar-refractivity contribution in [3.8, 4) is 0 Å². The van der Waals surface area contributed by atoms with Gasteiger partial charge in [0.1, 0.15) is 23.9 Å². The summed E-state index contributed by atoms with van der Waals surface area (Å²) in [4.78, 5) is 5.77. The highest BCUT2D eigenvalue weighted by atomic mass is 31.2. The molecule has 1 unspecified atom stereocenters. The number of hydrogen-bond acceptors (Lipinski definition) is 6. The van der Waals surface area contributed by atoms with Crippen LogP contribution in [0.1, 0.15) is 13.3 Å². The average molecular weight is 327 g/mol. The van der Waals surface area contributed by atoms with Gasteiger partial charge in [-0.3, -0.25) is 0 Å². The summed E-state index contributed by atoms with van der Waals surface area (Å²) >= 11 is 0. The van der Waals surface area contributed by atoms with Crippen molar-refractivity contribution >= 4 is 19.0 Å². The Morgan fingerprint density at radius 1 is 1.41 bits per heavy atom. The largest absolute Gasteiger partial charge is 0.388 e. The quantitative estimate of drug-likeness (QED) is 0.657. The van der Waals surface area contributed by atoms with Gasteiger partial charge in [0.05, 0.1) is 6.10 Å². The van der Waals surface area contributed by atoms with Crippen LogP contribution >= 0.6 is 6.89 Å². The van der Waals surface area contributed by atoms with Crippen molar-refractivity contribution in [2.45, 2.75) is 37.9 Å². The minimum atomic E-state index is -1.20. The Kier molecular flexibility index (Phi) is 4.87. The molecule has 124 valence electrons. The molecule has 1 saturated heterocycles. The third kappa shape index (κ3) is 3.63. The van der Waals surface area contributed by atoms with Crippen LogP contribution in [-0.2, 0) is 4.74 Å². The summed E-state index contributed by atoms with van der Waals surface area (Å²) in [6.07, 6.45) is 4.41. The number of aliphatic hydroxyl groups excluding tert-OH is 2. The maximum atomic E-state index is 10.3. The number of amidine groups is 1. The fraction of sp³-hybridized carbons (Fsp3) is 0.600. The summed E-state index contributed by atoms with van der Waals surface area (Å²) in [7, 11) is 0. The number of aliphatic imine (C=N–C) groups is 1. The Morgan fingerprint density at radius 2 is 2.05 bits per heavy atom.